The van der Waals surface area contributed by atoms with Crippen molar-refractivity contribution in [2.45, 2.75) is 19.5 Å². The van der Waals surface area contributed by atoms with Crippen LogP contribution in [0, 0.1) is 6.92 Å². The first-order chi connectivity index (χ1) is 10.3. The summed E-state index contributed by atoms with van der Waals surface area (Å²) in [4.78, 5) is 8.25. The van der Waals surface area contributed by atoms with E-state index in [1.807, 2.05) is 17.6 Å². The summed E-state index contributed by atoms with van der Waals surface area (Å²) in [5.74, 6) is 0.970. The average molecular weight is 340 g/mol. The summed E-state index contributed by atoms with van der Waals surface area (Å²) in [5.41, 5.74) is 4.34. The van der Waals surface area contributed by atoms with Gasteiger partial charge in [-0.05, 0) is 13.0 Å². The van der Waals surface area contributed by atoms with Gasteiger partial charge in [-0.25, -0.2) is 4.98 Å². The summed E-state index contributed by atoms with van der Waals surface area (Å²) in [7, 11) is 1.74. The summed E-state index contributed by atoms with van der Waals surface area (Å²) >= 11 is 1.75. The molecule has 1 aromatic carbocycles. The molecule has 2 aromatic rings. The lowest BCUT2D eigenvalue weighted by atomic mass is 10.0. The van der Waals surface area contributed by atoms with Crippen molar-refractivity contribution in [1.82, 2.24) is 15.2 Å². The van der Waals surface area contributed by atoms with Gasteiger partial charge in [-0.2, -0.15) is 0 Å². The van der Waals surface area contributed by atoms with Gasteiger partial charge in [0.15, 0.2) is 0 Å². The number of thiazole rings is 1. The summed E-state index contributed by atoms with van der Waals surface area (Å²) in [5, 5.41) is 3.50. The van der Waals surface area contributed by atoms with Gasteiger partial charge in [0, 0.05) is 36.6 Å². The van der Waals surface area contributed by atoms with E-state index >= 15 is 0 Å². The third-order valence-corrected chi connectivity index (χ3v) is 4.96. The third-order valence-electron chi connectivity index (χ3n) is 4.04. The minimum absolute atomic E-state index is 0. The average Bonchev–Trinajstić information content (AvgIpc) is 2.93. The van der Waals surface area contributed by atoms with Crippen LogP contribution in [0.15, 0.2) is 29.8 Å². The van der Waals surface area contributed by atoms with Crippen LogP contribution in [0.5, 0.6) is 5.75 Å². The van der Waals surface area contributed by atoms with Crippen LogP contribution in [0.1, 0.15) is 22.2 Å². The fourth-order valence-corrected chi connectivity index (χ4v) is 3.65. The first kappa shape index (κ1) is 17.2. The van der Waals surface area contributed by atoms with Gasteiger partial charge in [0.25, 0.3) is 0 Å². The molecule has 1 fully saturated rings. The normalized spacial score (nSPS) is 18.7. The molecule has 1 aromatic heterocycles. The Morgan fingerprint density at radius 2 is 2.23 bits per heavy atom. The van der Waals surface area contributed by atoms with Crippen molar-refractivity contribution in [3.05, 3.63) is 45.9 Å². The highest BCUT2D eigenvalue weighted by Gasteiger charge is 2.26. The van der Waals surface area contributed by atoms with Gasteiger partial charge in [0.2, 0.25) is 0 Å². The van der Waals surface area contributed by atoms with Gasteiger partial charge in [-0.3, -0.25) is 4.90 Å². The number of rotatable bonds is 4. The van der Waals surface area contributed by atoms with Crippen LogP contribution < -0.4 is 10.1 Å². The number of nitrogens with one attached hydrogen (secondary N) is 1. The van der Waals surface area contributed by atoms with Gasteiger partial charge >= 0.3 is 0 Å². The van der Waals surface area contributed by atoms with Gasteiger partial charge in [-0.15, -0.1) is 23.7 Å². The van der Waals surface area contributed by atoms with Gasteiger partial charge in [-0.1, -0.05) is 18.2 Å². The maximum atomic E-state index is 5.54. The molecule has 3 rings (SSSR count). The highest BCUT2D eigenvalue weighted by molar-refractivity contribution is 7.09. The van der Waals surface area contributed by atoms with Gasteiger partial charge in [0.1, 0.15) is 5.75 Å². The number of aryl methyl sites for hydroxylation is 1. The second-order valence-electron chi connectivity index (χ2n) is 5.29. The molecule has 0 saturated carbocycles. The maximum Gasteiger partial charge on any atom is 0.123 e. The molecule has 0 aliphatic carbocycles. The van der Waals surface area contributed by atoms with Crippen LogP contribution in [0.2, 0.25) is 0 Å². The van der Waals surface area contributed by atoms with Gasteiger partial charge < -0.3 is 10.1 Å². The molecule has 120 valence electrons. The Morgan fingerprint density at radius 3 is 2.95 bits per heavy atom. The second-order valence-corrected chi connectivity index (χ2v) is 6.23. The first-order valence-corrected chi connectivity index (χ1v) is 8.14. The van der Waals surface area contributed by atoms with Crippen LogP contribution in [-0.2, 0) is 6.54 Å². The Kier molecular flexibility index (Phi) is 6.20. The zero-order chi connectivity index (χ0) is 14.7. The summed E-state index contributed by atoms with van der Waals surface area (Å²) in [6, 6.07) is 8.67. The Morgan fingerprint density at radius 1 is 1.41 bits per heavy atom. The van der Waals surface area contributed by atoms with Crippen LogP contribution in [-0.4, -0.2) is 36.6 Å². The number of halogens is 1. The van der Waals surface area contributed by atoms with Crippen molar-refractivity contribution in [1.29, 1.82) is 0 Å². The van der Waals surface area contributed by atoms with E-state index in [0.29, 0.717) is 6.04 Å². The summed E-state index contributed by atoms with van der Waals surface area (Å²) in [6.45, 7) is 6.08. The number of hydrogen-bond donors (Lipinski definition) is 1. The van der Waals surface area contributed by atoms with Gasteiger partial charge in [0.05, 0.1) is 24.4 Å². The lowest BCUT2D eigenvalue weighted by molar-refractivity contribution is 0.152. The molecule has 1 unspecified atom stereocenters. The van der Waals surface area contributed by atoms with E-state index in [4.69, 9.17) is 4.74 Å². The Labute approximate surface area is 141 Å². The predicted molar refractivity (Wildman–Crippen MR) is 93.1 cm³/mol. The zero-order valence-corrected chi connectivity index (χ0v) is 14.5. The van der Waals surface area contributed by atoms with Crippen LogP contribution in [0.3, 0.4) is 0 Å². The molecular weight excluding hydrogens is 318 g/mol. The molecule has 1 aliphatic heterocycles. The fraction of sp³-hybridized carbons (Fsp3) is 0.438. The van der Waals surface area contributed by atoms with Crippen molar-refractivity contribution in [2.24, 2.45) is 0 Å². The zero-order valence-electron chi connectivity index (χ0n) is 12.9. The Hall–Kier alpha value is -1.14. The topological polar surface area (TPSA) is 37.4 Å². The monoisotopic (exact) mass is 339 g/mol. The Bertz CT molecular complexity index is 605. The maximum absolute atomic E-state index is 5.54. The number of methoxy groups -OCH3 is 1. The molecule has 0 spiro atoms. The highest BCUT2D eigenvalue weighted by atomic mass is 35.5. The van der Waals surface area contributed by atoms with Crippen molar-refractivity contribution >= 4 is 23.7 Å². The third kappa shape index (κ3) is 3.60. The number of nitrogens with zero attached hydrogens (tertiary/aromatic N) is 2. The largest absolute Gasteiger partial charge is 0.496 e. The number of aromatic nitrogens is 1. The highest BCUT2D eigenvalue weighted by Crippen LogP contribution is 2.31. The molecule has 0 bridgehead atoms. The van der Waals surface area contributed by atoms with E-state index in [2.05, 4.69) is 34.3 Å². The second kappa shape index (κ2) is 7.92. The summed E-state index contributed by atoms with van der Waals surface area (Å²) in [6.07, 6.45) is 0. The lowest BCUT2D eigenvalue weighted by Gasteiger charge is -2.36. The standard InChI is InChI=1S/C16H21N3OS.ClH/c1-12-16(21-11-18-12)10-19-8-7-17-9-14(19)13-5-3-4-6-15(13)20-2;/h3-6,11,14,17H,7-10H2,1-2H3;1H. The summed E-state index contributed by atoms with van der Waals surface area (Å²) < 4.78 is 5.54. The molecule has 22 heavy (non-hydrogen) atoms. The first-order valence-electron chi connectivity index (χ1n) is 7.26. The van der Waals surface area contributed by atoms with Crippen LogP contribution in [0.4, 0.5) is 0 Å². The number of hydrogen-bond acceptors (Lipinski definition) is 5. The molecule has 1 saturated heterocycles. The fourth-order valence-electron chi connectivity index (χ4n) is 2.85. The molecule has 4 nitrogen and oxygen atoms in total. The number of benzene rings is 1. The van der Waals surface area contributed by atoms with Crippen molar-refractivity contribution in [3.63, 3.8) is 0 Å². The van der Waals surface area contributed by atoms with E-state index in [1.54, 1.807) is 18.4 Å². The molecule has 1 atom stereocenters. The van der Waals surface area contributed by atoms with E-state index in [0.717, 1.165) is 37.6 Å². The number of para-hydroxylation sites is 1. The molecule has 6 heteroatoms. The molecule has 0 radical (unpaired) electrons. The quantitative estimate of drug-likeness (QED) is 0.929. The number of ether oxygens (including phenoxy) is 1. The SMILES string of the molecule is COc1ccccc1C1CNCCN1Cc1scnc1C.Cl. The van der Waals surface area contributed by atoms with E-state index in [-0.39, 0.29) is 12.4 Å². The predicted octanol–water partition coefficient (Wildman–Crippen LogP) is 3.03. The molecular formula is C16H22ClN3OS. The van der Waals surface area contributed by atoms with E-state index < -0.39 is 0 Å². The molecule has 1 N–H and O–H groups in total. The lowest BCUT2D eigenvalue weighted by Crippen LogP contribution is -2.45. The minimum atomic E-state index is 0. The smallest absolute Gasteiger partial charge is 0.123 e. The molecule has 0 amide bonds. The van der Waals surface area contributed by atoms with Crippen molar-refractivity contribution < 1.29 is 4.74 Å². The van der Waals surface area contributed by atoms with Crippen LogP contribution in [0.25, 0.3) is 0 Å². The Balaban J connectivity index is 0.00000176. The van der Waals surface area contributed by atoms with E-state index in [1.165, 1.54) is 10.4 Å². The number of piperazine rings is 1. The van der Waals surface area contributed by atoms with Crippen LogP contribution >= 0.6 is 23.7 Å². The molecule has 1 aliphatic rings. The molecule has 2 heterocycles. The van der Waals surface area contributed by atoms with Crippen molar-refractivity contribution in [3.8, 4) is 5.75 Å². The van der Waals surface area contributed by atoms with E-state index in [9.17, 15) is 0 Å². The minimum Gasteiger partial charge on any atom is -0.496 e. The van der Waals surface area contributed by atoms with Crippen molar-refractivity contribution in [2.75, 3.05) is 26.7 Å².